The van der Waals surface area contributed by atoms with E-state index in [2.05, 4.69) is 0 Å². The van der Waals surface area contributed by atoms with Crippen LogP contribution in [0.5, 0.6) is 0 Å². The molecule has 0 radical (unpaired) electrons. The molecule has 0 atom stereocenters. The number of hydrogen-bond donors (Lipinski definition) is 0. The molecule has 2 heterocycles. The standard InChI is InChI=1S/C22H17N3O7/c1-13-17(21(27)24(9-10-31-14(2)26)22(28)18(13)12-23)11-15-7-8-20(32-15)16-5-3-4-6-19(16)25(29)30/h3-8,11H,9-10H2,1-2H3/b17-11+. The second kappa shape index (κ2) is 9.09. The Morgan fingerprint density at radius 3 is 2.62 bits per heavy atom. The maximum absolute atomic E-state index is 12.9. The van der Waals surface area contributed by atoms with E-state index in [9.17, 15) is 29.8 Å². The first kappa shape index (κ1) is 22.2. The van der Waals surface area contributed by atoms with E-state index in [1.165, 1.54) is 50.3 Å². The van der Waals surface area contributed by atoms with Crippen molar-refractivity contribution < 1.29 is 28.5 Å². The Kier molecular flexibility index (Phi) is 6.30. The highest BCUT2D eigenvalue weighted by Gasteiger charge is 2.35. The monoisotopic (exact) mass is 435 g/mol. The summed E-state index contributed by atoms with van der Waals surface area (Å²) < 4.78 is 10.5. The van der Waals surface area contributed by atoms with Crippen LogP contribution in [-0.4, -0.2) is 40.8 Å². The van der Waals surface area contributed by atoms with Gasteiger partial charge in [-0.15, -0.1) is 0 Å². The van der Waals surface area contributed by atoms with Crippen molar-refractivity contribution in [2.24, 2.45) is 0 Å². The lowest BCUT2D eigenvalue weighted by molar-refractivity contribution is -0.384. The average Bonchev–Trinajstić information content (AvgIpc) is 3.22. The van der Waals surface area contributed by atoms with Gasteiger partial charge in [-0.1, -0.05) is 12.1 Å². The summed E-state index contributed by atoms with van der Waals surface area (Å²) in [5.41, 5.74) is 0.131. The number of ether oxygens (including phenoxy) is 1. The Balaban J connectivity index is 1.98. The number of esters is 1. The van der Waals surface area contributed by atoms with Gasteiger partial charge < -0.3 is 9.15 Å². The van der Waals surface area contributed by atoms with Gasteiger partial charge in [-0.3, -0.25) is 29.4 Å². The number of carbonyl (C=O) groups is 3. The van der Waals surface area contributed by atoms with E-state index in [4.69, 9.17) is 9.15 Å². The fraction of sp³-hybridized carbons (Fsp3) is 0.182. The number of nitro benzene ring substituents is 1. The summed E-state index contributed by atoms with van der Waals surface area (Å²) in [6.07, 6.45) is 1.36. The molecule has 0 fully saturated rings. The first-order valence-corrected chi connectivity index (χ1v) is 9.40. The molecule has 0 saturated heterocycles. The third kappa shape index (κ3) is 4.32. The van der Waals surface area contributed by atoms with Gasteiger partial charge in [0.25, 0.3) is 17.5 Å². The molecule has 2 aromatic rings. The number of amides is 2. The van der Waals surface area contributed by atoms with Gasteiger partial charge in [0.2, 0.25) is 0 Å². The lowest BCUT2D eigenvalue weighted by Gasteiger charge is -2.27. The molecule has 0 bridgehead atoms. The van der Waals surface area contributed by atoms with Gasteiger partial charge in [-0.2, -0.15) is 5.26 Å². The van der Waals surface area contributed by atoms with Crippen molar-refractivity contribution in [3.8, 4) is 17.4 Å². The molecule has 0 unspecified atom stereocenters. The maximum atomic E-state index is 12.9. The molecule has 0 saturated carbocycles. The highest BCUT2D eigenvalue weighted by Crippen LogP contribution is 2.33. The Hall–Kier alpha value is -4.52. The minimum atomic E-state index is -0.778. The zero-order valence-corrected chi connectivity index (χ0v) is 17.2. The van der Waals surface area contributed by atoms with E-state index >= 15 is 0 Å². The highest BCUT2D eigenvalue weighted by atomic mass is 16.6. The molecule has 10 heteroatoms. The number of benzene rings is 1. The minimum Gasteiger partial charge on any atom is -0.464 e. The topological polar surface area (TPSA) is 144 Å². The van der Waals surface area contributed by atoms with Gasteiger partial charge in [-0.05, 0) is 36.8 Å². The molecule has 0 aliphatic carbocycles. The zero-order chi connectivity index (χ0) is 23.4. The second-order valence-corrected chi connectivity index (χ2v) is 6.75. The van der Waals surface area contributed by atoms with Crippen LogP contribution in [-0.2, 0) is 19.1 Å². The van der Waals surface area contributed by atoms with Gasteiger partial charge in [0, 0.05) is 18.6 Å². The van der Waals surface area contributed by atoms with Crippen molar-refractivity contribution in [1.82, 2.24) is 4.90 Å². The number of nitrogens with zero attached hydrogens (tertiary/aromatic N) is 3. The number of hydrogen-bond acceptors (Lipinski definition) is 8. The molecule has 162 valence electrons. The fourth-order valence-electron chi connectivity index (χ4n) is 3.17. The molecule has 2 amide bonds. The molecule has 1 aromatic carbocycles. The van der Waals surface area contributed by atoms with Crippen molar-refractivity contribution >= 4 is 29.5 Å². The van der Waals surface area contributed by atoms with Crippen LogP contribution >= 0.6 is 0 Å². The summed E-state index contributed by atoms with van der Waals surface area (Å²) in [6.45, 7) is 2.24. The zero-order valence-electron chi connectivity index (χ0n) is 17.2. The number of imide groups is 1. The second-order valence-electron chi connectivity index (χ2n) is 6.75. The van der Waals surface area contributed by atoms with Crippen molar-refractivity contribution in [2.45, 2.75) is 13.8 Å². The lowest BCUT2D eigenvalue weighted by Crippen LogP contribution is -2.44. The van der Waals surface area contributed by atoms with Crippen LogP contribution in [0, 0.1) is 21.4 Å². The number of carbonyl (C=O) groups excluding carboxylic acids is 3. The van der Waals surface area contributed by atoms with Crippen LogP contribution in [0.1, 0.15) is 19.6 Å². The Labute approximate surface area is 182 Å². The van der Waals surface area contributed by atoms with E-state index in [0.29, 0.717) is 0 Å². The molecule has 0 spiro atoms. The predicted molar refractivity (Wildman–Crippen MR) is 110 cm³/mol. The summed E-state index contributed by atoms with van der Waals surface area (Å²) in [6, 6.07) is 10.9. The van der Waals surface area contributed by atoms with Crippen LogP contribution in [0.25, 0.3) is 17.4 Å². The van der Waals surface area contributed by atoms with Gasteiger partial charge >= 0.3 is 5.97 Å². The summed E-state index contributed by atoms with van der Waals surface area (Å²) in [7, 11) is 0. The molecule has 1 aromatic heterocycles. The van der Waals surface area contributed by atoms with Crippen molar-refractivity contribution in [2.75, 3.05) is 13.2 Å². The van der Waals surface area contributed by atoms with Crippen LogP contribution in [0.2, 0.25) is 0 Å². The first-order chi connectivity index (χ1) is 15.2. The van der Waals surface area contributed by atoms with Gasteiger partial charge in [0.1, 0.15) is 29.8 Å². The fourth-order valence-corrected chi connectivity index (χ4v) is 3.17. The van der Waals surface area contributed by atoms with E-state index in [0.717, 1.165) is 4.90 Å². The number of nitriles is 1. The number of furan rings is 1. The van der Waals surface area contributed by atoms with Crippen LogP contribution in [0.3, 0.4) is 0 Å². The SMILES string of the molecule is CC(=O)OCCN1C(=O)C(C#N)=C(C)/C(=C\c2ccc(-c3ccccc3[N+](=O)[O-])o2)C1=O. The minimum absolute atomic E-state index is 0.0486. The average molecular weight is 435 g/mol. The van der Waals surface area contributed by atoms with E-state index in [1.54, 1.807) is 12.1 Å². The summed E-state index contributed by atoms with van der Waals surface area (Å²) in [5, 5.41) is 20.7. The third-order valence-corrected chi connectivity index (χ3v) is 4.73. The Morgan fingerprint density at radius 2 is 1.97 bits per heavy atom. The summed E-state index contributed by atoms with van der Waals surface area (Å²) >= 11 is 0. The summed E-state index contributed by atoms with van der Waals surface area (Å²) in [5.74, 6) is -1.60. The molecule has 0 N–H and O–H groups in total. The molecular formula is C22H17N3O7. The first-order valence-electron chi connectivity index (χ1n) is 9.40. The molecule has 1 aliphatic heterocycles. The molecule has 3 rings (SSSR count). The molecular weight excluding hydrogens is 418 g/mol. The lowest BCUT2D eigenvalue weighted by atomic mass is 9.94. The van der Waals surface area contributed by atoms with E-state index in [-0.39, 0.29) is 52.6 Å². The Bertz CT molecular complexity index is 1230. The van der Waals surface area contributed by atoms with Gasteiger partial charge in [0.05, 0.1) is 17.0 Å². The number of rotatable bonds is 6. The summed E-state index contributed by atoms with van der Waals surface area (Å²) in [4.78, 5) is 48.0. The third-order valence-electron chi connectivity index (χ3n) is 4.73. The highest BCUT2D eigenvalue weighted by molar-refractivity contribution is 6.19. The van der Waals surface area contributed by atoms with Gasteiger partial charge in [0.15, 0.2) is 0 Å². The molecule has 10 nitrogen and oxygen atoms in total. The molecule has 32 heavy (non-hydrogen) atoms. The van der Waals surface area contributed by atoms with Crippen molar-refractivity contribution in [3.05, 3.63) is 69.0 Å². The van der Waals surface area contributed by atoms with Gasteiger partial charge in [-0.25, -0.2) is 0 Å². The van der Waals surface area contributed by atoms with Crippen LogP contribution in [0.4, 0.5) is 5.69 Å². The predicted octanol–water partition coefficient (Wildman–Crippen LogP) is 3.01. The van der Waals surface area contributed by atoms with Crippen LogP contribution < -0.4 is 0 Å². The largest absolute Gasteiger partial charge is 0.464 e. The quantitative estimate of drug-likeness (QED) is 0.221. The Morgan fingerprint density at radius 1 is 1.25 bits per heavy atom. The maximum Gasteiger partial charge on any atom is 0.302 e. The smallest absolute Gasteiger partial charge is 0.302 e. The van der Waals surface area contributed by atoms with Crippen molar-refractivity contribution in [1.29, 1.82) is 5.26 Å². The molecule has 1 aliphatic rings. The van der Waals surface area contributed by atoms with E-state index < -0.39 is 22.7 Å². The number of nitro groups is 1. The van der Waals surface area contributed by atoms with E-state index in [1.807, 2.05) is 0 Å². The number of para-hydroxylation sites is 1. The van der Waals surface area contributed by atoms with Crippen LogP contribution in [0.15, 0.2) is 57.5 Å². The normalized spacial score (nSPS) is 15.2. The van der Waals surface area contributed by atoms with Crippen molar-refractivity contribution in [3.63, 3.8) is 0 Å².